The normalized spacial score (nSPS) is 13.1. The van der Waals surface area contributed by atoms with E-state index in [1.807, 2.05) is 41.8 Å². The van der Waals surface area contributed by atoms with Crippen molar-refractivity contribution in [3.8, 4) is 0 Å². The van der Waals surface area contributed by atoms with Gasteiger partial charge in [-0.05, 0) is 37.6 Å². The van der Waals surface area contributed by atoms with Crippen molar-refractivity contribution in [3.63, 3.8) is 0 Å². The Hall–Kier alpha value is -2.81. The molecule has 0 amide bonds. The van der Waals surface area contributed by atoms with Crippen LogP contribution in [0.15, 0.2) is 58.2 Å². The Balaban J connectivity index is 1.76. The van der Waals surface area contributed by atoms with Crippen LogP contribution in [0.25, 0.3) is 11.0 Å². The van der Waals surface area contributed by atoms with E-state index in [-0.39, 0.29) is 5.25 Å². The highest BCUT2D eigenvalue weighted by molar-refractivity contribution is 7.99. The van der Waals surface area contributed by atoms with Crippen molar-refractivity contribution in [2.24, 2.45) is 0 Å². The lowest BCUT2D eigenvalue weighted by molar-refractivity contribution is -0.137. The van der Waals surface area contributed by atoms with E-state index in [2.05, 4.69) is 15.1 Å². The van der Waals surface area contributed by atoms with Gasteiger partial charge in [0.2, 0.25) is 5.89 Å². The van der Waals surface area contributed by atoms with Crippen LogP contribution >= 0.6 is 11.8 Å². The van der Waals surface area contributed by atoms with E-state index in [0.717, 1.165) is 17.7 Å². The van der Waals surface area contributed by atoms with Crippen molar-refractivity contribution in [1.82, 2.24) is 19.7 Å². The smallest absolute Gasteiger partial charge is 0.338 e. The maximum absolute atomic E-state index is 13.1. The van der Waals surface area contributed by atoms with E-state index in [1.165, 1.54) is 17.8 Å². The average Bonchev–Trinajstić information content (AvgIpc) is 3.25. The zero-order valence-corrected chi connectivity index (χ0v) is 16.5. The predicted molar refractivity (Wildman–Crippen MR) is 104 cm³/mol. The van der Waals surface area contributed by atoms with Crippen molar-refractivity contribution in [1.29, 1.82) is 0 Å². The van der Waals surface area contributed by atoms with E-state index in [9.17, 15) is 13.2 Å². The van der Waals surface area contributed by atoms with Crippen molar-refractivity contribution < 1.29 is 17.7 Å². The molecule has 0 aliphatic heterocycles. The molecule has 1 atom stereocenters. The van der Waals surface area contributed by atoms with Gasteiger partial charge >= 0.3 is 6.18 Å². The summed E-state index contributed by atoms with van der Waals surface area (Å²) in [6, 6.07) is 13.3. The fraction of sp³-hybridized carbons (Fsp3) is 0.250. The summed E-state index contributed by atoms with van der Waals surface area (Å²) in [5.41, 5.74) is 1.24. The number of imidazole rings is 1. The highest BCUT2D eigenvalue weighted by Crippen LogP contribution is 2.37. The van der Waals surface area contributed by atoms with Gasteiger partial charge in [-0.1, -0.05) is 47.3 Å². The number of thioether (sulfide) groups is 1. The molecule has 0 radical (unpaired) electrons. The Bertz CT molecular complexity index is 1140. The zero-order valence-electron chi connectivity index (χ0n) is 15.6. The number of alkyl halides is 3. The summed E-state index contributed by atoms with van der Waals surface area (Å²) >= 11 is 1.37. The summed E-state index contributed by atoms with van der Waals surface area (Å²) in [6.07, 6.45) is -4.42. The van der Waals surface area contributed by atoms with E-state index >= 15 is 0 Å². The molecule has 0 aliphatic carbocycles. The van der Waals surface area contributed by atoms with E-state index < -0.39 is 11.7 Å². The number of hydrogen-bond donors (Lipinski definition) is 0. The number of benzene rings is 2. The first-order chi connectivity index (χ1) is 13.8. The molecule has 29 heavy (non-hydrogen) atoms. The number of rotatable bonds is 5. The second-order valence-electron chi connectivity index (χ2n) is 6.61. The minimum Gasteiger partial charge on any atom is -0.338 e. The van der Waals surface area contributed by atoms with Gasteiger partial charge in [0.15, 0.2) is 11.0 Å². The van der Waals surface area contributed by atoms with Crippen LogP contribution in [0, 0.1) is 6.92 Å². The van der Waals surface area contributed by atoms with Crippen LogP contribution < -0.4 is 0 Å². The van der Waals surface area contributed by atoms with Gasteiger partial charge in [0.1, 0.15) is 0 Å². The number of aryl methyl sites for hydroxylation is 1. The average molecular weight is 418 g/mol. The van der Waals surface area contributed by atoms with Gasteiger partial charge in [-0.25, -0.2) is 4.98 Å². The van der Waals surface area contributed by atoms with Crippen LogP contribution in [0.5, 0.6) is 0 Å². The zero-order chi connectivity index (χ0) is 20.6. The van der Waals surface area contributed by atoms with Gasteiger partial charge in [0.05, 0.1) is 28.4 Å². The molecule has 2 heterocycles. The summed E-state index contributed by atoms with van der Waals surface area (Å²) in [6.45, 7) is 4.11. The Morgan fingerprint density at radius 3 is 2.52 bits per heavy atom. The lowest BCUT2D eigenvalue weighted by atomic mass is 10.2. The highest BCUT2D eigenvalue weighted by Gasteiger charge is 2.31. The van der Waals surface area contributed by atoms with Crippen LogP contribution in [-0.4, -0.2) is 19.7 Å². The number of hydrogen-bond acceptors (Lipinski definition) is 5. The van der Waals surface area contributed by atoms with Gasteiger partial charge < -0.3 is 9.09 Å². The Labute approximate surface area is 168 Å². The summed E-state index contributed by atoms with van der Waals surface area (Å²) < 4.78 is 46.5. The first-order valence-electron chi connectivity index (χ1n) is 8.89. The minimum absolute atomic E-state index is 0.204. The summed E-state index contributed by atoms with van der Waals surface area (Å²) in [4.78, 5) is 8.73. The summed E-state index contributed by atoms with van der Waals surface area (Å²) in [7, 11) is 0. The van der Waals surface area contributed by atoms with Crippen LogP contribution in [0.1, 0.15) is 35.0 Å². The van der Waals surface area contributed by atoms with Crippen LogP contribution in [-0.2, 0) is 12.7 Å². The van der Waals surface area contributed by atoms with Gasteiger partial charge in [-0.15, -0.1) is 0 Å². The van der Waals surface area contributed by atoms with Gasteiger partial charge in [0.25, 0.3) is 0 Å². The minimum atomic E-state index is -4.42. The van der Waals surface area contributed by atoms with E-state index in [0.29, 0.717) is 34.4 Å². The van der Waals surface area contributed by atoms with E-state index in [1.54, 1.807) is 6.92 Å². The van der Waals surface area contributed by atoms with Crippen molar-refractivity contribution >= 4 is 22.8 Å². The molecular weight excluding hydrogens is 401 g/mol. The molecule has 4 rings (SSSR count). The third-order valence-corrected chi connectivity index (χ3v) is 5.47. The standard InChI is InChI=1S/C20H17F3N4OS/c1-12(18-24-13(2)26-28-18)29-19-25-16-10-15(20(21,22)23)8-9-17(16)27(19)11-14-6-4-3-5-7-14/h3-10,12H,11H2,1-2H3. The van der Waals surface area contributed by atoms with Gasteiger partial charge in [-0.3, -0.25) is 0 Å². The lowest BCUT2D eigenvalue weighted by Gasteiger charge is -2.11. The Kier molecular flexibility index (Phi) is 5.08. The second-order valence-corrected chi connectivity index (χ2v) is 7.92. The number of fused-ring (bicyclic) bond motifs is 1. The molecule has 0 spiro atoms. The molecule has 5 nitrogen and oxygen atoms in total. The molecule has 150 valence electrons. The molecule has 2 aromatic carbocycles. The maximum Gasteiger partial charge on any atom is 0.416 e. The maximum atomic E-state index is 13.1. The van der Waals surface area contributed by atoms with Crippen molar-refractivity contribution in [2.75, 3.05) is 0 Å². The molecule has 0 fully saturated rings. The van der Waals surface area contributed by atoms with Crippen LogP contribution in [0.2, 0.25) is 0 Å². The summed E-state index contributed by atoms with van der Waals surface area (Å²) in [5, 5.41) is 4.18. The molecule has 2 aromatic heterocycles. The largest absolute Gasteiger partial charge is 0.416 e. The van der Waals surface area contributed by atoms with Crippen LogP contribution in [0.3, 0.4) is 0 Å². The monoisotopic (exact) mass is 418 g/mol. The first kappa shape index (κ1) is 19.5. The summed E-state index contributed by atoms with van der Waals surface area (Å²) in [5.74, 6) is 0.974. The number of nitrogens with zero attached hydrogens (tertiary/aromatic N) is 4. The topological polar surface area (TPSA) is 56.7 Å². The van der Waals surface area contributed by atoms with Gasteiger partial charge in [-0.2, -0.15) is 18.2 Å². The Morgan fingerprint density at radius 1 is 1.10 bits per heavy atom. The SMILES string of the molecule is Cc1noc(C(C)Sc2nc3cc(C(F)(F)F)ccc3n2Cc2ccccc2)n1. The molecule has 0 bridgehead atoms. The van der Waals surface area contributed by atoms with Gasteiger partial charge in [0, 0.05) is 0 Å². The first-order valence-corrected chi connectivity index (χ1v) is 9.77. The van der Waals surface area contributed by atoms with Crippen molar-refractivity contribution in [2.45, 2.75) is 37.0 Å². The number of halogens is 3. The molecule has 0 N–H and O–H groups in total. The Morgan fingerprint density at radius 2 is 1.86 bits per heavy atom. The quantitative estimate of drug-likeness (QED) is 0.392. The van der Waals surface area contributed by atoms with Crippen molar-refractivity contribution in [3.05, 3.63) is 71.4 Å². The third-order valence-electron chi connectivity index (χ3n) is 4.40. The fourth-order valence-corrected chi connectivity index (χ4v) is 3.93. The lowest BCUT2D eigenvalue weighted by Crippen LogP contribution is -2.05. The molecule has 0 saturated carbocycles. The highest BCUT2D eigenvalue weighted by atomic mass is 32.2. The second kappa shape index (κ2) is 7.55. The molecular formula is C20H17F3N4OS. The molecule has 1 unspecified atom stereocenters. The molecule has 0 aliphatic rings. The van der Waals surface area contributed by atoms with E-state index in [4.69, 9.17) is 4.52 Å². The fourth-order valence-electron chi connectivity index (χ4n) is 2.98. The van der Waals surface area contributed by atoms with Crippen LogP contribution in [0.4, 0.5) is 13.2 Å². The third kappa shape index (κ3) is 4.14. The predicted octanol–water partition coefficient (Wildman–Crippen LogP) is 5.65. The number of aromatic nitrogens is 4. The molecule has 4 aromatic rings. The molecule has 9 heteroatoms. The molecule has 0 saturated heterocycles.